The van der Waals surface area contributed by atoms with Crippen LogP contribution in [0.25, 0.3) is 0 Å². The summed E-state index contributed by atoms with van der Waals surface area (Å²) >= 11 is 0. The SMILES string of the molecule is CC(CC(N)c1ccc2c(c1)COC2)CC(C)(C)C. The van der Waals surface area contributed by atoms with Gasteiger partial charge in [0.05, 0.1) is 13.2 Å². The molecule has 0 aromatic heterocycles. The molecular weight excluding hydrogens is 234 g/mol. The molecular formula is C17H27NO. The first-order chi connectivity index (χ1) is 8.85. The van der Waals surface area contributed by atoms with Crippen molar-refractivity contribution in [1.29, 1.82) is 0 Å². The zero-order chi connectivity index (χ0) is 14.0. The van der Waals surface area contributed by atoms with Gasteiger partial charge in [-0.05, 0) is 40.9 Å². The molecule has 0 aliphatic carbocycles. The Morgan fingerprint density at radius 2 is 1.89 bits per heavy atom. The molecule has 2 rings (SSSR count). The lowest BCUT2D eigenvalue weighted by molar-refractivity contribution is 0.134. The number of fused-ring (bicyclic) bond motifs is 1. The summed E-state index contributed by atoms with van der Waals surface area (Å²) in [7, 11) is 0. The fourth-order valence-corrected chi connectivity index (χ4v) is 3.12. The van der Waals surface area contributed by atoms with Crippen LogP contribution in [0.1, 0.15) is 63.3 Å². The summed E-state index contributed by atoms with van der Waals surface area (Å²) < 4.78 is 5.46. The third-order valence-corrected chi connectivity index (χ3v) is 3.79. The minimum Gasteiger partial charge on any atom is -0.372 e. The molecule has 2 atom stereocenters. The summed E-state index contributed by atoms with van der Waals surface area (Å²) in [5.74, 6) is 0.652. The Labute approximate surface area is 117 Å². The molecule has 0 spiro atoms. The molecule has 1 aromatic carbocycles. The van der Waals surface area contributed by atoms with E-state index < -0.39 is 0 Å². The quantitative estimate of drug-likeness (QED) is 0.882. The van der Waals surface area contributed by atoms with E-state index in [1.807, 2.05) is 0 Å². The minimum absolute atomic E-state index is 0.142. The highest BCUT2D eigenvalue weighted by Crippen LogP contribution is 2.31. The number of benzene rings is 1. The van der Waals surface area contributed by atoms with E-state index in [2.05, 4.69) is 45.9 Å². The van der Waals surface area contributed by atoms with Gasteiger partial charge in [-0.25, -0.2) is 0 Å². The first kappa shape index (κ1) is 14.5. The standard InChI is InChI=1S/C17H27NO/c1-12(9-17(2,3)4)7-16(18)13-5-6-14-10-19-11-15(14)8-13/h5-6,8,12,16H,7,9-11,18H2,1-4H3. The van der Waals surface area contributed by atoms with E-state index in [1.165, 1.54) is 23.1 Å². The summed E-state index contributed by atoms with van der Waals surface area (Å²) in [4.78, 5) is 0. The van der Waals surface area contributed by atoms with Crippen LogP contribution in [-0.4, -0.2) is 0 Å². The van der Waals surface area contributed by atoms with Gasteiger partial charge in [-0.2, -0.15) is 0 Å². The molecule has 0 bridgehead atoms. The number of hydrogen-bond acceptors (Lipinski definition) is 2. The van der Waals surface area contributed by atoms with Crippen LogP contribution in [0.5, 0.6) is 0 Å². The molecule has 0 fully saturated rings. The fraction of sp³-hybridized carbons (Fsp3) is 0.647. The Kier molecular flexibility index (Phi) is 4.32. The van der Waals surface area contributed by atoms with Crippen LogP contribution in [-0.2, 0) is 18.0 Å². The van der Waals surface area contributed by atoms with Crippen molar-refractivity contribution in [2.45, 2.75) is 59.8 Å². The van der Waals surface area contributed by atoms with Crippen molar-refractivity contribution in [2.24, 2.45) is 17.1 Å². The highest BCUT2D eigenvalue weighted by atomic mass is 16.5. The lowest BCUT2D eigenvalue weighted by Gasteiger charge is -2.25. The topological polar surface area (TPSA) is 35.2 Å². The monoisotopic (exact) mass is 261 g/mol. The average molecular weight is 261 g/mol. The van der Waals surface area contributed by atoms with Crippen molar-refractivity contribution in [3.63, 3.8) is 0 Å². The van der Waals surface area contributed by atoms with Gasteiger partial charge >= 0.3 is 0 Å². The maximum atomic E-state index is 6.37. The van der Waals surface area contributed by atoms with Gasteiger partial charge in [0.2, 0.25) is 0 Å². The van der Waals surface area contributed by atoms with Gasteiger partial charge in [0.15, 0.2) is 0 Å². The summed E-state index contributed by atoms with van der Waals surface area (Å²) in [6.07, 6.45) is 2.27. The average Bonchev–Trinajstić information content (AvgIpc) is 2.72. The van der Waals surface area contributed by atoms with Crippen LogP contribution in [0.4, 0.5) is 0 Å². The van der Waals surface area contributed by atoms with Crippen molar-refractivity contribution in [2.75, 3.05) is 0 Å². The molecule has 1 aliphatic heterocycles. The van der Waals surface area contributed by atoms with Gasteiger partial charge in [0.25, 0.3) is 0 Å². The highest BCUT2D eigenvalue weighted by Gasteiger charge is 2.19. The van der Waals surface area contributed by atoms with Gasteiger partial charge < -0.3 is 10.5 Å². The Hall–Kier alpha value is -0.860. The van der Waals surface area contributed by atoms with E-state index >= 15 is 0 Å². The van der Waals surface area contributed by atoms with E-state index in [0.29, 0.717) is 11.3 Å². The molecule has 0 radical (unpaired) electrons. The lowest BCUT2D eigenvalue weighted by atomic mass is 9.82. The lowest BCUT2D eigenvalue weighted by Crippen LogP contribution is -2.18. The molecule has 2 heteroatoms. The molecule has 2 nitrogen and oxygen atoms in total. The van der Waals surface area contributed by atoms with E-state index in [0.717, 1.165) is 19.6 Å². The second kappa shape index (κ2) is 5.64. The summed E-state index contributed by atoms with van der Waals surface area (Å²) in [6, 6.07) is 6.72. The van der Waals surface area contributed by atoms with Crippen molar-refractivity contribution >= 4 is 0 Å². The van der Waals surface area contributed by atoms with Gasteiger partial charge in [0.1, 0.15) is 0 Å². The Bertz CT molecular complexity index is 433. The third kappa shape index (κ3) is 4.05. The second-order valence-electron chi connectivity index (χ2n) is 7.23. The van der Waals surface area contributed by atoms with Crippen molar-refractivity contribution in [3.8, 4) is 0 Å². The predicted octanol–water partition coefficient (Wildman–Crippen LogP) is 4.18. The molecule has 1 heterocycles. The summed E-state index contributed by atoms with van der Waals surface area (Å²) in [5, 5.41) is 0. The van der Waals surface area contributed by atoms with E-state index in [1.54, 1.807) is 0 Å². The van der Waals surface area contributed by atoms with Crippen LogP contribution >= 0.6 is 0 Å². The van der Waals surface area contributed by atoms with Crippen molar-refractivity contribution in [1.82, 2.24) is 0 Å². The van der Waals surface area contributed by atoms with Gasteiger partial charge in [-0.1, -0.05) is 45.9 Å². The van der Waals surface area contributed by atoms with Crippen molar-refractivity contribution in [3.05, 3.63) is 34.9 Å². The molecule has 0 amide bonds. The second-order valence-corrected chi connectivity index (χ2v) is 7.23. The van der Waals surface area contributed by atoms with Crippen molar-refractivity contribution < 1.29 is 4.74 Å². The van der Waals surface area contributed by atoms with Crippen LogP contribution in [0.15, 0.2) is 18.2 Å². The first-order valence-electron chi connectivity index (χ1n) is 7.30. The zero-order valence-electron chi connectivity index (χ0n) is 12.7. The van der Waals surface area contributed by atoms with Gasteiger partial charge in [-0.3, -0.25) is 0 Å². The largest absolute Gasteiger partial charge is 0.372 e. The summed E-state index contributed by atoms with van der Waals surface area (Å²) in [6.45, 7) is 10.7. The third-order valence-electron chi connectivity index (χ3n) is 3.79. The van der Waals surface area contributed by atoms with Crippen LogP contribution in [0.2, 0.25) is 0 Å². The molecule has 0 saturated carbocycles. The Morgan fingerprint density at radius 3 is 2.58 bits per heavy atom. The maximum Gasteiger partial charge on any atom is 0.0725 e. The Morgan fingerprint density at radius 1 is 1.21 bits per heavy atom. The molecule has 2 N–H and O–H groups in total. The molecule has 1 aliphatic rings. The van der Waals surface area contributed by atoms with Gasteiger partial charge in [0, 0.05) is 6.04 Å². The normalized spacial score (nSPS) is 18.2. The van der Waals surface area contributed by atoms with E-state index in [9.17, 15) is 0 Å². The molecule has 19 heavy (non-hydrogen) atoms. The molecule has 106 valence electrons. The smallest absolute Gasteiger partial charge is 0.0725 e. The Balaban J connectivity index is 1.98. The minimum atomic E-state index is 0.142. The van der Waals surface area contributed by atoms with E-state index in [4.69, 9.17) is 10.5 Å². The zero-order valence-corrected chi connectivity index (χ0v) is 12.7. The highest BCUT2D eigenvalue weighted by molar-refractivity contribution is 5.34. The molecule has 0 saturated heterocycles. The van der Waals surface area contributed by atoms with Crippen LogP contribution in [0.3, 0.4) is 0 Å². The first-order valence-corrected chi connectivity index (χ1v) is 7.30. The number of nitrogens with two attached hydrogens (primary N) is 1. The van der Waals surface area contributed by atoms with Crippen LogP contribution < -0.4 is 5.73 Å². The van der Waals surface area contributed by atoms with Crippen LogP contribution in [0, 0.1) is 11.3 Å². The maximum absolute atomic E-state index is 6.37. The number of rotatable bonds is 4. The van der Waals surface area contributed by atoms with E-state index in [-0.39, 0.29) is 6.04 Å². The summed E-state index contributed by atoms with van der Waals surface area (Å²) in [5.41, 5.74) is 10.6. The van der Waals surface area contributed by atoms with Gasteiger partial charge in [-0.15, -0.1) is 0 Å². The number of hydrogen-bond donors (Lipinski definition) is 1. The molecule has 1 aromatic rings. The molecule has 2 unspecified atom stereocenters. The fourth-order valence-electron chi connectivity index (χ4n) is 3.12. The predicted molar refractivity (Wildman–Crippen MR) is 79.7 cm³/mol. The number of ether oxygens (including phenoxy) is 1.